The smallest absolute Gasteiger partial charge is 0.412 e. The number of amides is 3. The monoisotopic (exact) mass is 929 g/mol. The Kier molecular flexibility index (Phi) is 17.7. The number of methoxy groups -OCH3 is 2. The van der Waals surface area contributed by atoms with Gasteiger partial charge in [0.1, 0.15) is 5.60 Å². The van der Waals surface area contributed by atoms with E-state index in [0.717, 1.165) is 32.1 Å². The highest BCUT2D eigenvalue weighted by molar-refractivity contribution is 6.74. The van der Waals surface area contributed by atoms with Gasteiger partial charge in [-0.25, -0.2) is 4.79 Å². The fraction of sp³-hybridized carbons (Fsp3) is 0.688. The summed E-state index contributed by atoms with van der Waals surface area (Å²) in [5.41, 5.74) is 7.03. The third kappa shape index (κ3) is 13.8. The Balaban J connectivity index is 1.37. The largest absolute Gasteiger partial charge is 0.493 e. The summed E-state index contributed by atoms with van der Waals surface area (Å²) < 4.78 is 42.4. The average molecular weight is 929 g/mol. The van der Waals surface area contributed by atoms with Crippen LogP contribution in [0.15, 0.2) is 24.3 Å². The number of rotatable bonds is 19. The van der Waals surface area contributed by atoms with Gasteiger partial charge in [0.15, 0.2) is 39.6 Å². The van der Waals surface area contributed by atoms with Crippen molar-refractivity contribution in [3.8, 4) is 23.0 Å². The Morgan fingerprint density at radius 1 is 0.656 bits per heavy atom. The van der Waals surface area contributed by atoms with Gasteiger partial charge < -0.3 is 48.1 Å². The lowest BCUT2D eigenvalue weighted by Gasteiger charge is -2.38. The minimum atomic E-state index is -2.04. The molecule has 2 saturated heterocycles. The molecule has 3 amide bonds. The summed E-state index contributed by atoms with van der Waals surface area (Å²) in [7, 11) is -0.929. The molecule has 0 aromatic heterocycles. The second-order valence-electron chi connectivity index (χ2n) is 21.3. The molecule has 2 aromatic carbocycles. The predicted octanol–water partition coefficient (Wildman–Crippen LogP) is 10.5. The number of carbonyl (C=O) groups is 3. The quantitative estimate of drug-likeness (QED) is 0.0784. The summed E-state index contributed by atoms with van der Waals surface area (Å²) in [6.45, 7) is 30.4. The van der Waals surface area contributed by atoms with E-state index in [4.69, 9.17) is 38.3 Å². The van der Waals surface area contributed by atoms with E-state index in [1.165, 1.54) is 7.11 Å². The Bertz CT molecular complexity index is 1920. The van der Waals surface area contributed by atoms with Crippen LogP contribution in [0.2, 0.25) is 36.3 Å². The molecule has 3 N–H and O–H groups in total. The molecule has 0 radical (unpaired) electrons. The number of nitrogen functional groups attached to an aromatic ring is 1. The fourth-order valence-corrected chi connectivity index (χ4v) is 9.29. The zero-order valence-electron chi connectivity index (χ0n) is 41.7. The van der Waals surface area contributed by atoms with Crippen molar-refractivity contribution in [2.75, 3.05) is 64.8 Å². The number of nitrogens with one attached hydrogen (secondary N) is 1. The second-order valence-corrected chi connectivity index (χ2v) is 30.9. The molecule has 0 aliphatic carbocycles. The number of hydrogen-bond acceptors (Lipinski definition) is 11. The molecule has 360 valence electrons. The van der Waals surface area contributed by atoms with Crippen molar-refractivity contribution in [2.45, 2.75) is 161 Å². The van der Waals surface area contributed by atoms with E-state index in [2.05, 4.69) is 73.0 Å². The van der Waals surface area contributed by atoms with Crippen LogP contribution in [0.1, 0.15) is 128 Å². The van der Waals surface area contributed by atoms with Gasteiger partial charge >= 0.3 is 6.09 Å². The van der Waals surface area contributed by atoms with Crippen LogP contribution in [-0.2, 0) is 13.6 Å². The molecule has 0 bridgehead atoms. The SMILES string of the molecule is COc1cc(C(=O)N2CCC[C@H]2CO[Si](C)(C)C(C)(C)C)c(N)cc1OCCCCCOc1cc(NC(=O)OC(C)(C)C)c(C(=O)N2CCC[C@H]2CO[Si](C)(C)C(C)(C)C)cc1OC. The van der Waals surface area contributed by atoms with Crippen LogP contribution in [0.3, 0.4) is 0 Å². The molecule has 2 aliphatic heterocycles. The first-order chi connectivity index (χ1) is 29.7. The first-order valence-electron chi connectivity index (χ1n) is 23.0. The number of nitrogens with zero attached hydrogens (tertiary/aromatic N) is 2. The summed E-state index contributed by atoms with van der Waals surface area (Å²) in [6.07, 6.45) is 5.00. The topological polar surface area (TPSA) is 160 Å². The Hall–Kier alpha value is -4.00. The van der Waals surface area contributed by atoms with Gasteiger partial charge in [-0.15, -0.1) is 0 Å². The molecule has 2 aliphatic rings. The number of ether oxygens (including phenoxy) is 5. The van der Waals surface area contributed by atoms with E-state index >= 15 is 0 Å². The van der Waals surface area contributed by atoms with E-state index in [1.54, 1.807) is 52.1 Å². The molecule has 4 rings (SSSR count). The second kappa shape index (κ2) is 21.5. The number of hydrogen-bond donors (Lipinski definition) is 2. The van der Waals surface area contributed by atoms with Crippen molar-refractivity contribution in [2.24, 2.45) is 0 Å². The van der Waals surface area contributed by atoms with Gasteiger partial charge in [0.2, 0.25) is 0 Å². The van der Waals surface area contributed by atoms with Gasteiger partial charge in [-0.1, -0.05) is 41.5 Å². The Morgan fingerprint density at radius 3 is 1.53 bits per heavy atom. The van der Waals surface area contributed by atoms with Crippen molar-refractivity contribution >= 4 is 45.9 Å². The van der Waals surface area contributed by atoms with Crippen LogP contribution in [-0.4, -0.2) is 116 Å². The zero-order chi connectivity index (χ0) is 47.8. The lowest BCUT2D eigenvalue weighted by molar-refractivity contribution is 0.0634. The first-order valence-corrected chi connectivity index (χ1v) is 28.9. The maximum Gasteiger partial charge on any atom is 0.412 e. The van der Waals surface area contributed by atoms with Crippen molar-refractivity contribution < 1.29 is 46.9 Å². The molecule has 2 aromatic rings. The molecule has 0 unspecified atom stereocenters. The number of unbranched alkanes of at least 4 members (excludes halogenated alkanes) is 2. The highest BCUT2D eigenvalue weighted by Gasteiger charge is 2.41. The van der Waals surface area contributed by atoms with Crippen molar-refractivity contribution in [3.05, 3.63) is 35.4 Å². The highest BCUT2D eigenvalue weighted by atomic mass is 28.4. The highest BCUT2D eigenvalue weighted by Crippen LogP contribution is 2.40. The number of anilines is 2. The van der Waals surface area contributed by atoms with Crippen molar-refractivity contribution in [3.63, 3.8) is 0 Å². The van der Waals surface area contributed by atoms with Gasteiger partial charge in [0.05, 0.1) is 69.5 Å². The average Bonchev–Trinajstić information content (AvgIpc) is 3.87. The van der Waals surface area contributed by atoms with Crippen LogP contribution in [0.5, 0.6) is 23.0 Å². The minimum absolute atomic E-state index is 0.00114. The predicted molar refractivity (Wildman–Crippen MR) is 260 cm³/mol. The molecule has 2 fully saturated rings. The molecule has 0 saturated carbocycles. The lowest BCUT2D eigenvalue weighted by atomic mass is 10.1. The summed E-state index contributed by atoms with van der Waals surface area (Å²) in [4.78, 5) is 44.9. The fourth-order valence-electron chi connectivity index (χ4n) is 7.21. The molecule has 0 spiro atoms. The standard InChI is InChI=1S/C48H80N4O10Si2/c1-46(2,3)62-45(55)50-38-30-42(40(57-11)28-36(38)44(54)52-24-20-22-34(52)32-61-64(14,15)48(7,8)9)59-26-18-16-17-25-58-41-29-37(49)35(27-39(41)56-10)43(53)51-23-19-21-33(51)31-60-63(12,13)47(4,5)6/h27-30,33-34H,16-26,31-32,49H2,1-15H3,(H,50,55)/t33-,34-/m0/s1. The van der Waals surface area contributed by atoms with E-state index in [-0.39, 0.29) is 45.2 Å². The summed E-state index contributed by atoms with van der Waals surface area (Å²) in [5.74, 6) is 1.33. The summed E-state index contributed by atoms with van der Waals surface area (Å²) in [5, 5.41) is 2.94. The van der Waals surface area contributed by atoms with Crippen molar-refractivity contribution in [1.29, 1.82) is 0 Å². The van der Waals surface area contributed by atoms with Gasteiger partial charge in [-0.05, 0) is 114 Å². The van der Waals surface area contributed by atoms with Gasteiger partial charge in [-0.3, -0.25) is 14.9 Å². The number of benzene rings is 2. The molecular weight excluding hydrogens is 849 g/mol. The lowest BCUT2D eigenvalue weighted by Crippen LogP contribution is -2.46. The normalized spacial score (nSPS) is 17.4. The zero-order valence-corrected chi connectivity index (χ0v) is 43.7. The van der Waals surface area contributed by atoms with E-state index < -0.39 is 28.3 Å². The number of nitrogens with two attached hydrogens (primary N) is 1. The van der Waals surface area contributed by atoms with Crippen LogP contribution in [0.25, 0.3) is 0 Å². The first kappa shape index (κ1) is 52.6. The molecule has 2 heterocycles. The third-order valence-corrected chi connectivity index (χ3v) is 22.2. The maximum atomic E-state index is 14.3. The summed E-state index contributed by atoms with van der Waals surface area (Å²) >= 11 is 0. The maximum absolute atomic E-state index is 14.3. The third-order valence-electron chi connectivity index (χ3n) is 13.2. The van der Waals surface area contributed by atoms with Gasteiger partial charge in [0.25, 0.3) is 11.8 Å². The van der Waals surface area contributed by atoms with Gasteiger partial charge in [-0.2, -0.15) is 0 Å². The van der Waals surface area contributed by atoms with Gasteiger partial charge in [0, 0.05) is 30.9 Å². The Labute approximate surface area is 385 Å². The molecule has 14 nitrogen and oxygen atoms in total. The number of likely N-dealkylation sites (tertiary alicyclic amines) is 2. The van der Waals surface area contributed by atoms with Crippen LogP contribution >= 0.6 is 0 Å². The molecule has 2 atom stereocenters. The Morgan fingerprint density at radius 2 is 1.09 bits per heavy atom. The van der Waals surface area contributed by atoms with E-state index in [0.29, 0.717) is 86.6 Å². The number of carbonyl (C=O) groups excluding carboxylic acids is 3. The van der Waals surface area contributed by atoms with Crippen LogP contribution in [0.4, 0.5) is 16.2 Å². The molecule has 16 heteroatoms. The molecule has 64 heavy (non-hydrogen) atoms. The minimum Gasteiger partial charge on any atom is -0.493 e. The van der Waals surface area contributed by atoms with E-state index in [9.17, 15) is 14.4 Å². The van der Waals surface area contributed by atoms with Crippen LogP contribution < -0.4 is 30.0 Å². The summed E-state index contributed by atoms with van der Waals surface area (Å²) in [6, 6.07) is 6.52. The van der Waals surface area contributed by atoms with E-state index in [1.807, 2.05) is 9.80 Å². The molecular formula is C48H80N4O10Si2. The van der Waals surface area contributed by atoms with Crippen molar-refractivity contribution in [1.82, 2.24) is 9.80 Å². The van der Waals surface area contributed by atoms with Crippen LogP contribution in [0, 0.1) is 0 Å².